The van der Waals surface area contributed by atoms with E-state index in [1.807, 2.05) is 47.5 Å². The van der Waals surface area contributed by atoms with Gasteiger partial charge in [0.25, 0.3) is 0 Å². The summed E-state index contributed by atoms with van der Waals surface area (Å²) in [7, 11) is 0. The summed E-state index contributed by atoms with van der Waals surface area (Å²) in [6.45, 7) is 0. The van der Waals surface area contributed by atoms with Crippen LogP contribution in [-0.4, -0.2) is 30.5 Å². The molecular formula is C22H24N6O. The fraction of sp³-hybridized carbons (Fsp3) is 0.455. The van der Waals surface area contributed by atoms with Gasteiger partial charge in [-0.15, -0.1) is 0 Å². The van der Waals surface area contributed by atoms with E-state index in [0.29, 0.717) is 11.8 Å². The van der Waals surface area contributed by atoms with Crippen molar-refractivity contribution < 1.29 is 4.79 Å². The number of aromatic nitrogens is 5. The molecule has 2 unspecified atom stereocenters. The molecule has 0 radical (unpaired) electrons. The molecule has 4 aliphatic carbocycles. The summed E-state index contributed by atoms with van der Waals surface area (Å²) in [6, 6.07) is 9.79. The normalized spacial score (nSPS) is 32.4. The van der Waals surface area contributed by atoms with Crippen molar-refractivity contribution >= 4 is 11.6 Å². The number of hydrogen-bond acceptors (Lipinski definition) is 4. The molecule has 4 bridgehead atoms. The lowest BCUT2D eigenvalue weighted by Crippen LogP contribution is -2.60. The van der Waals surface area contributed by atoms with Crippen molar-refractivity contribution in [3.8, 4) is 5.69 Å². The Hall–Kier alpha value is -2.96. The fourth-order valence-corrected chi connectivity index (χ4v) is 6.61. The van der Waals surface area contributed by atoms with E-state index in [0.717, 1.165) is 43.5 Å². The first-order valence-corrected chi connectivity index (χ1v) is 10.4. The number of nitrogens with one attached hydrogen (secondary N) is 1. The predicted octanol–water partition coefficient (Wildman–Crippen LogP) is 3.40. The van der Waals surface area contributed by atoms with E-state index in [-0.39, 0.29) is 16.9 Å². The molecule has 7 rings (SSSR count). The van der Waals surface area contributed by atoms with Gasteiger partial charge in [-0.1, -0.05) is 6.07 Å². The Labute approximate surface area is 169 Å². The molecule has 148 valence electrons. The van der Waals surface area contributed by atoms with Gasteiger partial charge in [0.1, 0.15) is 12.7 Å². The number of benzene rings is 1. The molecule has 1 aromatic carbocycles. The summed E-state index contributed by atoms with van der Waals surface area (Å²) >= 11 is 0. The molecule has 4 fully saturated rings. The van der Waals surface area contributed by atoms with Gasteiger partial charge in [0, 0.05) is 18.1 Å². The summed E-state index contributed by atoms with van der Waals surface area (Å²) < 4.78 is 3.85. The van der Waals surface area contributed by atoms with Gasteiger partial charge in [0.05, 0.1) is 16.6 Å². The highest BCUT2D eigenvalue weighted by molar-refractivity contribution is 5.96. The van der Waals surface area contributed by atoms with Crippen molar-refractivity contribution in [3.05, 3.63) is 55.4 Å². The van der Waals surface area contributed by atoms with E-state index in [4.69, 9.17) is 0 Å². The predicted molar refractivity (Wildman–Crippen MR) is 107 cm³/mol. The molecule has 2 aromatic heterocycles. The quantitative estimate of drug-likeness (QED) is 0.743. The molecule has 4 saturated carbocycles. The smallest absolute Gasteiger partial charge is 0.230 e. The molecule has 0 spiro atoms. The summed E-state index contributed by atoms with van der Waals surface area (Å²) in [5, 5.41) is 12.0. The SMILES string of the molecule is O=C(Nc1cccc(-n2cccn2)c1)C12CC3CC(C1)CC(n1cncn1)(C3)C2. The number of carbonyl (C=O) groups excluding carboxylic acids is 1. The van der Waals surface area contributed by atoms with Crippen LogP contribution in [-0.2, 0) is 10.3 Å². The molecule has 1 amide bonds. The number of hydrogen-bond donors (Lipinski definition) is 1. The molecule has 29 heavy (non-hydrogen) atoms. The molecule has 7 nitrogen and oxygen atoms in total. The third kappa shape index (κ3) is 2.63. The van der Waals surface area contributed by atoms with E-state index >= 15 is 0 Å². The van der Waals surface area contributed by atoms with Crippen LogP contribution >= 0.6 is 0 Å². The zero-order valence-electron chi connectivity index (χ0n) is 16.2. The van der Waals surface area contributed by atoms with Crippen LogP contribution in [0, 0.1) is 17.3 Å². The van der Waals surface area contributed by atoms with Gasteiger partial charge in [0.15, 0.2) is 0 Å². The Morgan fingerprint density at radius 3 is 2.69 bits per heavy atom. The lowest BCUT2D eigenvalue weighted by molar-refractivity contribution is -0.150. The summed E-state index contributed by atoms with van der Waals surface area (Å²) in [5.74, 6) is 1.36. The average molecular weight is 388 g/mol. The van der Waals surface area contributed by atoms with Gasteiger partial charge < -0.3 is 5.32 Å². The van der Waals surface area contributed by atoms with E-state index in [9.17, 15) is 4.79 Å². The molecule has 3 aromatic rings. The maximum atomic E-state index is 13.6. The van der Waals surface area contributed by atoms with Crippen molar-refractivity contribution in [1.29, 1.82) is 0 Å². The van der Waals surface area contributed by atoms with Crippen molar-refractivity contribution in [2.75, 3.05) is 5.32 Å². The van der Waals surface area contributed by atoms with Crippen LogP contribution in [0.5, 0.6) is 0 Å². The summed E-state index contributed by atoms with van der Waals surface area (Å²) in [5.41, 5.74) is 1.41. The molecule has 4 aliphatic rings. The lowest BCUT2D eigenvalue weighted by Gasteiger charge is -2.60. The van der Waals surface area contributed by atoms with Crippen molar-refractivity contribution in [2.45, 2.75) is 44.1 Å². The van der Waals surface area contributed by atoms with E-state index in [2.05, 4.69) is 20.5 Å². The first-order chi connectivity index (χ1) is 14.1. The molecular weight excluding hydrogens is 364 g/mol. The van der Waals surface area contributed by atoms with Crippen LogP contribution in [0.15, 0.2) is 55.4 Å². The summed E-state index contributed by atoms with van der Waals surface area (Å²) in [4.78, 5) is 17.8. The third-order valence-corrected chi connectivity index (χ3v) is 7.29. The minimum Gasteiger partial charge on any atom is -0.326 e. The zero-order chi connectivity index (χ0) is 19.5. The van der Waals surface area contributed by atoms with Crippen molar-refractivity contribution in [1.82, 2.24) is 24.5 Å². The Morgan fingerprint density at radius 1 is 1.10 bits per heavy atom. The van der Waals surface area contributed by atoms with Gasteiger partial charge in [-0.2, -0.15) is 10.2 Å². The molecule has 2 atom stereocenters. The lowest BCUT2D eigenvalue weighted by atomic mass is 9.46. The van der Waals surface area contributed by atoms with Crippen LogP contribution in [0.25, 0.3) is 5.69 Å². The average Bonchev–Trinajstić information content (AvgIpc) is 3.42. The van der Waals surface area contributed by atoms with E-state index < -0.39 is 0 Å². The minimum atomic E-state index is -0.308. The van der Waals surface area contributed by atoms with Crippen molar-refractivity contribution in [2.24, 2.45) is 17.3 Å². The highest BCUT2D eigenvalue weighted by atomic mass is 16.2. The van der Waals surface area contributed by atoms with Crippen LogP contribution in [0.3, 0.4) is 0 Å². The Balaban J connectivity index is 1.30. The van der Waals surface area contributed by atoms with E-state index in [1.54, 1.807) is 17.2 Å². The highest BCUT2D eigenvalue weighted by Gasteiger charge is 2.61. The number of rotatable bonds is 4. The first-order valence-electron chi connectivity index (χ1n) is 10.4. The second-order valence-corrected chi connectivity index (χ2v) is 9.26. The Bertz CT molecular complexity index is 1030. The first kappa shape index (κ1) is 16.9. The maximum Gasteiger partial charge on any atom is 0.230 e. The molecule has 1 N–H and O–H groups in total. The van der Waals surface area contributed by atoms with Gasteiger partial charge in [-0.05, 0) is 74.6 Å². The second kappa shape index (κ2) is 6.02. The number of nitrogens with zero attached hydrogens (tertiary/aromatic N) is 5. The molecule has 2 heterocycles. The zero-order valence-corrected chi connectivity index (χ0v) is 16.2. The van der Waals surface area contributed by atoms with Crippen LogP contribution < -0.4 is 5.32 Å². The Morgan fingerprint density at radius 2 is 1.97 bits per heavy atom. The van der Waals surface area contributed by atoms with Crippen LogP contribution in [0.4, 0.5) is 5.69 Å². The van der Waals surface area contributed by atoms with Gasteiger partial charge >= 0.3 is 0 Å². The molecule has 0 saturated heterocycles. The molecule has 0 aliphatic heterocycles. The van der Waals surface area contributed by atoms with Crippen LogP contribution in [0.2, 0.25) is 0 Å². The largest absolute Gasteiger partial charge is 0.326 e. The number of anilines is 1. The fourth-order valence-electron chi connectivity index (χ4n) is 6.61. The number of amides is 1. The monoisotopic (exact) mass is 388 g/mol. The van der Waals surface area contributed by atoms with E-state index in [1.165, 1.54) is 6.42 Å². The second-order valence-electron chi connectivity index (χ2n) is 9.26. The maximum absolute atomic E-state index is 13.6. The van der Waals surface area contributed by atoms with Gasteiger partial charge in [-0.25, -0.2) is 14.3 Å². The standard InChI is InChI=1S/C22H24N6O/c29-20(26-18-3-1-4-19(8-18)27-6-2-5-24-27)21-9-16-7-17(10-21)12-22(11-16,13-21)28-15-23-14-25-28/h1-6,8,14-17H,7,9-13H2,(H,26,29). The molecule has 7 heteroatoms. The van der Waals surface area contributed by atoms with Gasteiger partial charge in [0.2, 0.25) is 5.91 Å². The Kier molecular flexibility index (Phi) is 3.52. The summed E-state index contributed by atoms with van der Waals surface area (Å²) in [6.07, 6.45) is 13.5. The number of carbonyl (C=O) groups is 1. The third-order valence-electron chi connectivity index (χ3n) is 7.29. The van der Waals surface area contributed by atoms with Gasteiger partial charge in [-0.3, -0.25) is 4.79 Å². The minimum absolute atomic E-state index is 0.0468. The topological polar surface area (TPSA) is 77.6 Å². The highest BCUT2D eigenvalue weighted by Crippen LogP contribution is 2.64. The van der Waals surface area contributed by atoms with Crippen molar-refractivity contribution in [3.63, 3.8) is 0 Å². The van der Waals surface area contributed by atoms with Crippen LogP contribution in [0.1, 0.15) is 38.5 Å².